The van der Waals surface area contributed by atoms with Gasteiger partial charge in [0.15, 0.2) is 10.9 Å². The zero-order valence-corrected chi connectivity index (χ0v) is 15.3. The van der Waals surface area contributed by atoms with Crippen molar-refractivity contribution in [3.63, 3.8) is 0 Å². The minimum Gasteiger partial charge on any atom is -0.495 e. The molecule has 0 fully saturated rings. The quantitative estimate of drug-likeness (QED) is 0.512. The minimum atomic E-state index is -1.18. The number of thiazole rings is 1. The summed E-state index contributed by atoms with van der Waals surface area (Å²) >= 11 is 1.42. The summed E-state index contributed by atoms with van der Waals surface area (Å²) < 4.78 is 10.9. The van der Waals surface area contributed by atoms with Gasteiger partial charge in [0.2, 0.25) is 6.29 Å². The van der Waals surface area contributed by atoms with Gasteiger partial charge in [-0.05, 0) is 30.3 Å². The summed E-state index contributed by atoms with van der Waals surface area (Å²) in [7, 11) is 1.62. The lowest BCUT2D eigenvalue weighted by Crippen LogP contribution is -2.22. The summed E-state index contributed by atoms with van der Waals surface area (Å²) in [5.41, 5.74) is 15.2. The second kappa shape index (κ2) is 6.82. The highest BCUT2D eigenvalue weighted by Crippen LogP contribution is 2.40. The molecule has 6 N–H and O–H groups in total. The highest BCUT2D eigenvalue weighted by molar-refractivity contribution is 7.13. The SMILES string of the molecule is COc1ccccc1Nc1nc(C2=Cc3ccc(N)c(N)c3OC2O)cs1. The Kier molecular flexibility index (Phi) is 4.35. The van der Waals surface area contributed by atoms with E-state index in [-0.39, 0.29) is 0 Å². The third-order valence-corrected chi connectivity index (χ3v) is 4.97. The lowest BCUT2D eigenvalue weighted by molar-refractivity contribution is 0.0325. The first kappa shape index (κ1) is 17.2. The molecule has 2 aromatic carbocycles. The molecule has 27 heavy (non-hydrogen) atoms. The Balaban J connectivity index is 1.64. The molecular weight excluding hydrogens is 364 g/mol. The Labute approximate surface area is 159 Å². The summed E-state index contributed by atoms with van der Waals surface area (Å²) in [6, 6.07) is 11.1. The van der Waals surface area contributed by atoms with Crippen molar-refractivity contribution in [2.45, 2.75) is 6.29 Å². The number of nitrogens with two attached hydrogens (primary N) is 2. The van der Waals surface area contributed by atoms with Gasteiger partial charge in [0, 0.05) is 16.5 Å². The Morgan fingerprint density at radius 2 is 2.04 bits per heavy atom. The van der Waals surface area contributed by atoms with Crippen LogP contribution in [0.3, 0.4) is 0 Å². The molecule has 0 saturated heterocycles. The Hall–Kier alpha value is -3.23. The Morgan fingerprint density at radius 1 is 1.22 bits per heavy atom. The van der Waals surface area contributed by atoms with E-state index in [0.717, 1.165) is 17.0 Å². The number of methoxy groups -OCH3 is 1. The van der Waals surface area contributed by atoms with Gasteiger partial charge < -0.3 is 31.4 Å². The molecule has 0 saturated carbocycles. The lowest BCUT2D eigenvalue weighted by atomic mass is 10.0. The highest BCUT2D eigenvalue weighted by atomic mass is 32.1. The molecule has 1 aliphatic heterocycles. The van der Waals surface area contributed by atoms with Crippen molar-refractivity contribution in [2.75, 3.05) is 23.9 Å². The molecule has 4 rings (SSSR count). The zero-order valence-electron chi connectivity index (χ0n) is 14.5. The predicted molar refractivity (Wildman–Crippen MR) is 108 cm³/mol. The van der Waals surface area contributed by atoms with E-state index in [1.165, 1.54) is 11.3 Å². The van der Waals surface area contributed by atoms with Crippen LogP contribution in [0.25, 0.3) is 11.6 Å². The third kappa shape index (κ3) is 3.16. The summed E-state index contributed by atoms with van der Waals surface area (Å²) in [5, 5.41) is 16.2. The fourth-order valence-corrected chi connectivity index (χ4v) is 3.55. The van der Waals surface area contributed by atoms with Gasteiger partial charge in [0.1, 0.15) is 5.75 Å². The van der Waals surface area contributed by atoms with E-state index in [0.29, 0.717) is 33.5 Å². The second-order valence-corrected chi connectivity index (χ2v) is 6.78. The molecule has 1 atom stereocenters. The number of anilines is 4. The maximum atomic E-state index is 10.4. The number of para-hydroxylation sites is 2. The number of ether oxygens (including phenoxy) is 2. The number of aliphatic hydroxyl groups is 1. The normalized spacial score (nSPS) is 15.5. The van der Waals surface area contributed by atoms with E-state index < -0.39 is 6.29 Å². The molecule has 0 radical (unpaired) electrons. The first-order chi connectivity index (χ1) is 13.1. The highest BCUT2D eigenvalue weighted by Gasteiger charge is 2.26. The van der Waals surface area contributed by atoms with Gasteiger partial charge in [0.05, 0.1) is 29.9 Å². The Morgan fingerprint density at radius 3 is 2.85 bits per heavy atom. The molecule has 7 nitrogen and oxygen atoms in total. The number of aliphatic hydroxyl groups excluding tert-OH is 1. The van der Waals surface area contributed by atoms with Crippen LogP contribution >= 0.6 is 11.3 Å². The van der Waals surface area contributed by atoms with Crippen LogP contribution in [0.15, 0.2) is 41.8 Å². The summed E-state index contributed by atoms with van der Waals surface area (Å²) in [4.78, 5) is 4.56. The second-order valence-electron chi connectivity index (χ2n) is 5.92. The van der Waals surface area contributed by atoms with Gasteiger partial charge in [-0.3, -0.25) is 0 Å². The number of rotatable bonds is 4. The molecule has 1 aromatic heterocycles. The minimum absolute atomic E-state index is 0.318. The van der Waals surface area contributed by atoms with Crippen LogP contribution in [-0.4, -0.2) is 23.5 Å². The predicted octanol–water partition coefficient (Wildman–Crippen LogP) is 3.31. The number of hydrogen-bond donors (Lipinski definition) is 4. The molecular formula is C19H18N4O3S. The van der Waals surface area contributed by atoms with Crippen LogP contribution in [0.5, 0.6) is 11.5 Å². The van der Waals surface area contributed by atoms with Gasteiger partial charge >= 0.3 is 0 Å². The molecule has 138 valence electrons. The average molecular weight is 382 g/mol. The van der Waals surface area contributed by atoms with Gasteiger partial charge in [-0.15, -0.1) is 11.3 Å². The maximum Gasteiger partial charge on any atom is 0.226 e. The standard InChI is InChI=1S/C19H18N4O3S/c1-25-15-5-3-2-4-13(15)22-19-23-14(9-27-19)11-8-10-6-7-12(20)16(21)17(10)26-18(11)24/h2-9,18,24H,20-21H2,1H3,(H,22,23). The van der Waals surface area contributed by atoms with Crippen LogP contribution in [0.1, 0.15) is 11.3 Å². The van der Waals surface area contributed by atoms with Gasteiger partial charge in [-0.1, -0.05) is 12.1 Å². The number of nitrogen functional groups attached to an aromatic ring is 2. The van der Waals surface area contributed by atoms with Crippen LogP contribution in [0.4, 0.5) is 22.2 Å². The van der Waals surface area contributed by atoms with Crippen molar-refractivity contribution in [3.05, 3.63) is 53.0 Å². The molecule has 3 aromatic rings. The van der Waals surface area contributed by atoms with Crippen molar-refractivity contribution >= 4 is 45.2 Å². The van der Waals surface area contributed by atoms with Crippen LogP contribution < -0.4 is 26.3 Å². The number of nitrogens with zero attached hydrogens (tertiary/aromatic N) is 1. The van der Waals surface area contributed by atoms with E-state index in [9.17, 15) is 5.11 Å². The average Bonchev–Trinajstić information content (AvgIpc) is 3.13. The van der Waals surface area contributed by atoms with E-state index in [1.807, 2.05) is 29.6 Å². The lowest BCUT2D eigenvalue weighted by Gasteiger charge is -2.24. The molecule has 0 amide bonds. The van der Waals surface area contributed by atoms with Crippen molar-refractivity contribution in [1.29, 1.82) is 0 Å². The van der Waals surface area contributed by atoms with E-state index in [1.54, 1.807) is 25.3 Å². The topological polar surface area (TPSA) is 116 Å². The van der Waals surface area contributed by atoms with Gasteiger partial charge in [0.25, 0.3) is 0 Å². The third-order valence-electron chi connectivity index (χ3n) is 4.22. The monoisotopic (exact) mass is 382 g/mol. The molecule has 0 aliphatic carbocycles. The molecule has 2 heterocycles. The van der Waals surface area contributed by atoms with Crippen molar-refractivity contribution in [2.24, 2.45) is 0 Å². The van der Waals surface area contributed by atoms with E-state index in [4.69, 9.17) is 20.9 Å². The van der Waals surface area contributed by atoms with Gasteiger partial charge in [-0.25, -0.2) is 4.98 Å². The van der Waals surface area contributed by atoms with Gasteiger partial charge in [-0.2, -0.15) is 0 Å². The fourth-order valence-electron chi connectivity index (χ4n) is 2.82. The first-order valence-corrected chi connectivity index (χ1v) is 9.05. The smallest absolute Gasteiger partial charge is 0.226 e. The maximum absolute atomic E-state index is 10.4. The van der Waals surface area contributed by atoms with Crippen LogP contribution in [0.2, 0.25) is 0 Å². The number of benzene rings is 2. The largest absolute Gasteiger partial charge is 0.495 e. The number of fused-ring (bicyclic) bond motifs is 1. The number of aromatic nitrogens is 1. The molecule has 0 spiro atoms. The number of nitrogens with one attached hydrogen (secondary N) is 1. The summed E-state index contributed by atoms with van der Waals surface area (Å²) in [6.07, 6.45) is 0.629. The molecule has 0 bridgehead atoms. The van der Waals surface area contributed by atoms with Crippen molar-refractivity contribution < 1.29 is 14.6 Å². The molecule has 8 heteroatoms. The number of hydrogen-bond acceptors (Lipinski definition) is 8. The first-order valence-electron chi connectivity index (χ1n) is 8.17. The summed E-state index contributed by atoms with van der Waals surface area (Å²) in [5.74, 6) is 1.10. The Bertz CT molecular complexity index is 1030. The fraction of sp³-hybridized carbons (Fsp3) is 0.105. The van der Waals surface area contributed by atoms with E-state index in [2.05, 4.69) is 10.3 Å². The van der Waals surface area contributed by atoms with Crippen LogP contribution in [-0.2, 0) is 0 Å². The molecule has 1 unspecified atom stereocenters. The van der Waals surface area contributed by atoms with Crippen molar-refractivity contribution in [3.8, 4) is 11.5 Å². The zero-order chi connectivity index (χ0) is 19.0. The van der Waals surface area contributed by atoms with Crippen molar-refractivity contribution in [1.82, 2.24) is 4.98 Å². The molecule has 1 aliphatic rings. The summed E-state index contributed by atoms with van der Waals surface area (Å²) in [6.45, 7) is 0. The van der Waals surface area contributed by atoms with E-state index >= 15 is 0 Å². The van der Waals surface area contributed by atoms with Crippen LogP contribution in [0, 0.1) is 0 Å².